The van der Waals surface area contributed by atoms with E-state index in [0.717, 1.165) is 31.4 Å². The van der Waals surface area contributed by atoms with Gasteiger partial charge in [0.2, 0.25) is 0 Å². The summed E-state index contributed by atoms with van der Waals surface area (Å²) in [5.41, 5.74) is -0.424. The minimum atomic E-state index is -1.10. The minimum absolute atomic E-state index is 0.00235. The second-order valence-corrected chi connectivity index (χ2v) is 8.24. The second kappa shape index (κ2) is 5.89. The first-order valence-corrected chi connectivity index (χ1v) is 9.06. The summed E-state index contributed by atoms with van der Waals surface area (Å²) in [5, 5.41) is 0. The van der Waals surface area contributed by atoms with Gasteiger partial charge >= 0.3 is 5.97 Å². The molecule has 1 atom stereocenters. The SMILES string of the molecule is C[C@H](OC(=O)c1ccc(F)c(F)c1)C(=O)C12CC3CC(CC(C3)C1)C2. The zero-order chi connectivity index (χ0) is 17.8. The predicted octanol–water partition coefficient (Wildman–Crippen LogP) is 4.30. The number of hydrogen-bond acceptors (Lipinski definition) is 3. The van der Waals surface area contributed by atoms with Crippen LogP contribution in [0.15, 0.2) is 18.2 Å². The second-order valence-electron chi connectivity index (χ2n) is 8.24. The standard InChI is InChI=1S/C20H22F2O3/c1-11(25-19(24)15-2-3-16(21)17(22)7-15)18(23)20-8-12-4-13(9-20)6-14(5-12)10-20/h2-3,7,11-14H,4-6,8-10H2,1H3/t11-,12?,13?,14?,20?/m0/s1. The average Bonchev–Trinajstić information content (AvgIpc) is 2.55. The molecular formula is C20H22F2O3. The smallest absolute Gasteiger partial charge is 0.338 e. The van der Waals surface area contributed by atoms with E-state index in [-0.39, 0.29) is 16.8 Å². The summed E-state index contributed by atoms with van der Waals surface area (Å²) in [6.07, 6.45) is 5.55. The Kier molecular flexibility index (Phi) is 3.93. The average molecular weight is 348 g/mol. The van der Waals surface area contributed by atoms with Crippen molar-refractivity contribution >= 4 is 11.8 Å². The van der Waals surface area contributed by atoms with Crippen LogP contribution in [0.25, 0.3) is 0 Å². The fourth-order valence-corrected chi connectivity index (χ4v) is 5.75. The molecule has 0 saturated heterocycles. The van der Waals surface area contributed by atoms with Crippen molar-refractivity contribution in [3.8, 4) is 0 Å². The molecule has 4 aliphatic rings. The van der Waals surface area contributed by atoms with Crippen molar-refractivity contribution in [2.45, 2.75) is 51.6 Å². The number of hydrogen-bond donors (Lipinski definition) is 0. The summed E-state index contributed by atoms with van der Waals surface area (Å²) >= 11 is 0. The lowest BCUT2D eigenvalue weighted by Crippen LogP contribution is -2.52. The third-order valence-electron chi connectivity index (χ3n) is 6.37. The van der Waals surface area contributed by atoms with Gasteiger partial charge in [-0.2, -0.15) is 0 Å². The number of esters is 1. The summed E-state index contributed by atoms with van der Waals surface area (Å²) in [5.74, 6) is -1.02. The largest absolute Gasteiger partial charge is 0.451 e. The molecule has 5 heteroatoms. The molecule has 0 aromatic heterocycles. The predicted molar refractivity (Wildman–Crippen MR) is 86.8 cm³/mol. The first kappa shape index (κ1) is 16.7. The maximum absolute atomic E-state index is 13.3. The van der Waals surface area contributed by atoms with Gasteiger partial charge in [-0.1, -0.05) is 0 Å². The van der Waals surface area contributed by atoms with Gasteiger partial charge in [-0.15, -0.1) is 0 Å². The van der Waals surface area contributed by atoms with Crippen molar-refractivity contribution in [1.29, 1.82) is 0 Å². The molecule has 4 saturated carbocycles. The summed E-state index contributed by atoms with van der Waals surface area (Å²) in [7, 11) is 0. The Morgan fingerprint density at radius 3 is 2.12 bits per heavy atom. The highest BCUT2D eigenvalue weighted by atomic mass is 19.2. The summed E-state index contributed by atoms with van der Waals surface area (Å²) in [6.45, 7) is 1.60. The van der Waals surface area contributed by atoms with E-state index in [0.29, 0.717) is 17.8 Å². The molecule has 4 fully saturated rings. The zero-order valence-electron chi connectivity index (χ0n) is 14.3. The van der Waals surface area contributed by atoms with Gasteiger partial charge in [0.15, 0.2) is 23.5 Å². The number of benzene rings is 1. The highest BCUT2D eigenvalue weighted by Crippen LogP contribution is 2.60. The van der Waals surface area contributed by atoms with E-state index in [4.69, 9.17) is 4.74 Å². The first-order chi connectivity index (χ1) is 11.9. The monoisotopic (exact) mass is 348 g/mol. The van der Waals surface area contributed by atoms with E-state index in [1.807, 2.05) is 0 Å². The fraction of sp³-hybridized carbons (Fsp3) is 0.600. The van der Waals surface area contributed by atoms with E-state index >= 15 is 0 Å². The molecule has 0 spiro atoms. The summed E-state index contributed by atoms with van der Waals surface area (Å²) in [6, 6.07) is 2.86. The third kappa shape index (κ3) is 2.87. The highest BCUT2D eigenvalue weighted by molar-refractivity contribution is 5.94. The molecule has 0 aliphatic heterocycles. The van der Waals surface area contributed by atoms with Gasteiger partial charge in [0, 0.05) is 5.41 Å². The Balaban J connectivity index is 1.47. The van der Waals surface area contributed by atoms with Crippen molar-refractivity contribution in [2.24, 2.45) is 23.2 Å². The molecule has 0 N–H and O–H groups in total. The van der Waals surface area contributed by atoms with E-state index in [9.17, 15) is 18.4 Å². The Labute approximate surface area is 145 Å². The zero-order valence-corrected chi connectivity index (χ0v) is 14.3. The third-order valence-corrected chi connectivity index (χ3v) is 6.37. The van der Waals surface area contributed by atoms with Crippen molar-refractivity contribution in [3.63, 3.8) is 0 Å². The van der Waals surface area contributed by atoms with Gasteiger partial charge in [0.25, 0.3) is 0 Å². The number of ether oxygens (including phenoxy) is 1. The molecule has 5 rings (SSSR count). The van der Waals surface area contributed by atoms with E-state index in [1.54, 1.807) is 6.92 Å². The van der Waals surface area contributed by atoms with Crippen molar-refractivity contribution < 1.29 is 23.1 Å². The van der Waals surface area contributed by atoms with E-state index in [2.05, 4.69) is 0 Å². The van der Waals surface area contributed by atoms with Gasteiger partial charge in [-0.05, 0) is 81.4 Å². The summed E-state index contributed by atoms with van der Waals surface area (Å²) < 4.78 is 31.6. The highest BCUT2D eigenvalue weighted by Gasteiger charge is 2.55. The van der Waals surface area contributed by atoms with Gasteiger partial charge in [-0.25, -0.2) is 13.6 Å². The topological polar surface area (TPSA) is 43.4 Å². The van der Waals surface area contributed by atoms with Gasteiger partial charge in [0.05, 0.1) is 5.56 Å². The minimum Gasteiger partial charge on any atom is -0.451 e. The van der Waals surface area contributed by atoms with E-state index < -0.39 is 23.7 Å². The maximum atomic E-state index is 13.3. The lowest BCUT2D eigenvalue weighted by atomic mass is 9.48. The van der Waals surface area contributed by atoms with E-state index in [1.165, 1.54) is 25.3 Å². The van der Waals surface area contributed by atoms with Crippen LogP contribution in [0.2, 0.25) is 0 Å². The molecule has 0 heterocycles. The molecular weight excluding hydrogens is 326 g/mol. The summed E-state index contributed by atoms with van der Waals surface area (Å²) in [4.78, 5) is 25.3. The van der Waals surface area contributed by atoms with Gasteiger partial charge in [-0.3, -0.25) is 4.79 Å². The van der Waals surface area contributed by atoms with Crippen LogP contribution < -0.4 is 0 Å². The number of carbonyl (C=O) groups excluding carboxylic acids is 2. The Morgan fingerprint density at radius 1 is 1.04 bits per heavy atom. The quantitative estimate of drug-likeness (QED) is 0.762. The van der Waals surface area contributed by atoms with Crippen molar-refractivity contribution in [1.82, 2.24) is 0 Å². The Hall–Kier alpha value is -1.78. The molecule has 0 radical (unpaired) electrons. The van der Waals surface area contributed by atoms with Gasteiger partial charge < -0.3 is 4.74 Å². The number of carbonyl (C=O) groups is 2. The lowest BCUT2D eigenvalue weighted by molar-refractivity contribution is -0.152. The fourth-order valence-electron chi connectivity index (χ4n) is 5.75. The van der Waals surface area contributed by atoms with Crippen LogP contribution in [0.5, 0.6) is 0 Å². The molecule has 0 amide bonds. The van der Waals surface area contributed by atoms with Crippen LogP contribution >= 0.6 is 0 Å². The van der Waals surface area contributed by atoms with Crippen molar-refractivity contribution in [3.05, 3.63) is 35.4 Å². The van der Waals surface area contributed by atoms with Crippen LogP contribution in [0.1, 0.15) is 55.8 Å². The van der Waals surface area contributed by atoms with Crippen LogP contribution in [-0.2, 0) is 9.53 Å². The first-order valence-electron chi connectivity index (χ1n) is 9.06. The maximum Gasteiger partial charge on any atom is 0.338 e. The molecule has 3 nitrogen and oxygen atoms in total. The Morgan fingerprint density at radius 2 is 1.60 bits per heavy atom. The van der Waals surface area contributed by atoms with Gasteiger partial charge in [0.1, 0.15) is 0 Å². The molecule has 0 unspecified atom stereocenters. The molecule has 1 aromatic rings. The number of ketones is 1. The van der Waals surface area contributed by atoms with Crippen LogP contribution in [0.3, 0.4) is 0 Å². The van der Waals surface area contributed by atoms with Crippen LogP contribution in [-0.4, -0.2) is 17.9 Å². The number of halogens is 2. The molecule has 4 bridgehead atoms. The molecule has 25 heavy (non-hydrogen) atoms. The molecule has 4 aliphatic carbocycles. The van der Waals surface area contributed by atoms with Crippen LogP contribution in [0.4, 0.5) is 8.78 Å². The normalized spacial score (nSPS) is 34.0. The van der Waals surface area contributed by atoms with Crippen molar-refractivity contribution in [2.75, 3.05) is 0 Å². The Bertz CT molecular complexity index is 692. The molecule has 1 aromatic carbocycles. The number of Topliss-reactive ketones (excluding diaryl/α,β-unsaturated/α-hetero) is 1. The lowest BCUT2D eigenvalue weighted by Gasteiger charge is -2.56. The van der Waals surface area contributed by atoms with Crippen LogP contribution in [0, 0.1) is 34.8 Å². The molecule has 134 valence electrons. The number of rotatable bonds is 4.